The summed E-state index contributed by atoms with van der Waals surface area (Å²) in [7, 11) is -0.873. The van der Waals surface area contributed by atoms with Crippen molar-refractivity contribution >= 4 is 47.0 Å². The van der Waals surface area contributed by atoms with Gasteiger partial charge in [-0.25, -0.2) is 0 Å². The van der Waals surface area contributed by atoms with Crippen molar-refractivity contribution in [3.63, 3.8) is 0 Å². The first-order chi connectivity index (χ1) is 18.2. The number of hydrogen-bond donors (Lipinski definition) is 1. The van der Waals surface area contributed by atoms with E-state index < -0.39 is 36.6 Å². The fourth-order valence-electron chi connectivity index (χ4n) is 5.10. The highest BCUT2D eigenvalue weighted by Crippen LogP contribution is 2.38. The Labute approximate surface area is 233 Å². The summed E-state index contributed by atoms with van der Waals surface area (Å²) in [6.45, 7) is 21.1. The summed E-state index contributed by atoms with van der Waals surface area (Å²) < 4.78 is 36.9. The van der Waals surface area contributed by atoms with Crippen molar-refractivity contribution < 1.29 is 28.1 Å². The number of nitrogens with one attached hydrogen (secondary N) is 1. The van der Waals surface area contributed by atoms with Crippen molar-refractivity contribution in [1.29, 1.82) is 0 Å². The third-order valence-corrected chi connectivity index (χ3v) is 8.98. The molecule has 0 bridgehead atoms. The highest BCUT2D eigenvalue weighted by Gasteiger charge is 2.53. The quantitative estimate of drug-likeness (QED) is 0.321. The third kappa shape index (κ3) is 5.30. The van der Waals surface area contributed by atoms with Crippen LogP contribution in [0.15, 0.2) is 30.3 Å². The van der Waals surface area contributed by atoms with Crippen LogP contribution in [-0.2, 0) is 34.5 Å². The maximum Gasteiger partial charge on any atom is 0.494 e. The van der Waals surface area contributed by atoms with Crippen LogP contribution in [0.5, 0.6) is 0 Å². The van der Waals surface area contributed by atoms with Crippen LogP contribution in [0.4, 0.5) is 0 Å². The van der Waals surface area contributed by atoms with Gasteiger partial charge in [-0.05, 0) is 91.3 Å². The van der Waals surface area contributed by atoms with Crippen LogP contribution in [0.3, 0.4) is 0 Å². The molecule has 0 aliphatic carbocycles. The molecule has 39 heavy (non-hydrogen) atoms. The second kappa shape index (κ2) is 10.2. The van der Waals surface area contributed by atoms with Gasteiger partial charge in [0.2, 0.25) is 0 Å². The third-order valence-electron chi connectivity index (χ3n) is 8.98. The minimum Gasteiger partial charge on any atom is -0.399 e. The summed E-state index contributed by atoms with van der Waals surface area (Å²) in [5.74, 6) is 0. The number of benzene rings is 2. The van der Waals surface area contributed by atoms with Gasteiger partial charge in [-0.2, -0.15) is 0 Å². The van der Waals surface area contributed by atoms with Crippen LogP contribution in [-0.4, -0.2) is 68.1 Å². The van der Waals surface area contributed by atoms with E-state index in [9.17, 15) is 0 Å². The standard InChI is InChI=1S/C30H43B2NO6/c1-10-34-15-16-35-14-13-20-17-22(32-38-29(6,7)30(8,9)39-32)19-24-23-18-21(11-12-25(23)33-26(20)24)31-36-27(2,3)28(4,5)37-31/h11-12,17-19,33H,10,13-16H2,1-9H3. The van der Waals surface area contributed by atoms with Crippen molar-refractivity contribution in [1.82, 2.24) is 4.98 Å². The van der Waals surface area contributed by atoms with Crippen molar-refractivity contribution in [2.45, 2.75) is 91.1 Å². The minimum atomic E-state index is -0.451. The van der Waals surface area contributed by atoms with Gasteiger partial charge < -0.3 is 33.1 Å². The summed E-state index contributed by atoms with van der Waals surface area (Å²) in [5.41, 5.74) is 3.72. The number of ether oxygens (including phenoxy) is 2. The van der Waals surface area contributed by atoms with Crippen LogP contribution in [0.1, 0.15) is 67.9 Å². The van der Waals surface area contributed by atoms with E-state index in [1.807, 2.05) is 6.92 Å². The maximum absolute atomic E-state index is 6.44. The van der Waals surface area contributed by atoms with Crippen LogP contribution < -0.4 is 10.9 Å². The molecule has 1 aromatic heterocycles. The molecular weight excluding hydrogens is 492 g/mol. The zero-order chi connectivity index (χ0) is 28.2. The summed E-state index contributed by atoms with van der Waals surface area (Å²) >= 11 is 0. The highest BCUT2D eigenvalue weighted by molar-refractivity contribution is 6.63. The van der Waals surface area contributed by atoms with E-state index >= 15 is 0 Å². The number of hydrogen-bond acceptors (Lipinski definition) is 6. The zero-order valence-electron chi connectivity index (χ0n) is 25.0. The summed E-state index contributed by atoms with van der Waals surface area (Å²) in [6, 6.07) is 10.8. The van der Waals surface area contributed by atoms with Gasteiger partial charge in [0.05, 0.1) is 42.2 Å². The van der Waals surface area contributed by atoms with Gasteiger partial charge in [0.25, 0.3) is 0 Å². The van der Waals surface area contributed by atoms with Gasteiger partial charge in [-0.15, -0.1) is 0 Å². The Morgan fingerprint density at radius 2 is 1.21 bits per heavy atom. The van der Waals surface area contributed by atoms with Gasteiger partial charge in [0.1, 0.15) is 0 Å². The number of rotatable bonds is 9. The second-order valence-electron chi connectivity index (χ2n) is 12.8. The van der Waals surface area contributed by atoms with Gasteiger partial charge in [-0.3, -0.25) is 0 Å². The van der Waals surface area contributed by atoms with Crippen molar-refractivity contribution in [3.05, 3.63) is 35.9 Å². The molecule has 3 aromatic rings. The lowest BCUT2D eigenvalue weighted by Gasteiger charge is -2.32. The van der Waals surface area contributed by atoms with Gasteiger partial charge in [0, 0.05) is 28.4 Å². The first-order valence-electron chi connectivity index (χ1n) is 14.2. The average molecular weight is 535 g/mol. The lowest BCUT2D eigenvalue weighted by atomic mass is 9.76. The SMILES string of the molecule is CCOCCOCCc1cc(B2OC(C)(C)C(C)(C)O2)cc2c1[nH]c1ccc(B3OC(C)(C)C(C)(C)O3)cc12. The molecule has 2 saturated heterocycles. The second-order valence-corrected chi connectivity index (χ2v) is 12.8. The molecule has 2 aromatic carbocycles. The number of fused-ring (bicyclic) bond motifs is 3. The average Bonchev–Trinajstić information content (AvgIpc) is 3.40. The molecule has 210 valence electrons. The van der Waals surface area contributed by atoms with Crippen molar-refractivity contribution in [3.8, 4) is 0 Å². The molecule has 0 radical (unpaired) electrons. The Hall–Kier alpha value is -1.87. The molecule has 2 fully saturated rings. The molecule has 5 rings (SSSR count). The first-order valence-corrected chi connectivity index (χ1v) is 14.2. The van der Waals surface area contributed by atoms with Crippen LogP contribution in [0, 0.1) is 0 Å². The van der Waals surface area contributed by atoms with E-state index in [0.717, 1.165) is 39.2 Å². The van der Waals surface area contributed by atoms with E-state index in [2.05, 4.69) is 90.7 Å². The summed E-state index contributed by atoms with van der Waals surface area (Å²) in [5, 5.41) is 2.24. The molecule has 0 unspecified atom stereocenters. The van der Waals surface area contributed by atoms with Crippen LogP contribution in [0.25, 0.3) is 21.8 Å². The molecule has 9 heteroatoms. The van der Waals surface area contributed by atoms with E-state index in [1.165, 1.54) is 5.56 Å². The number of aromatic nitrogens is 1. The molecule has 7 nitrogen and oxygen atoms in total. The predicted molar refractivity (Wildman–Crippen MR) is 158 cm³/mol. The van der Waals surface area contributed by atoms with E-state index in [1.54, 1.807) is 0 Å². The van der Waals surface area contributed by atoms with Gasteiger partial charge >= 0.3 is 14.2 Å². The lowest BCUT2D eigenvalue weighted by Crippen LogP contribution is -2.41. The molecule has 0 amide bonds. The summed E-state index contributed by atoms with van der Waals surface area (Å²) in [6.07, 6.45) is 0.757. The Morgan fingerprint density at radius 1 is 0.667 bits per heavy atom. The topological polar surface area (TPSA) is 71.2 Å². The molecule has 1 N–H and O–H groups in total. The van der Waals surface area contributed by atoms with Crippen LogP contribution >= 0.6 is 0 Å². The monoisotopic (exact) mass is 535 g/mol. The van der Waals surface area contributed by atoms with Gasteiger partial charge in [-0.1, -0.05) is 24.3 Å². The zero-order valence-corrected chi connectivity index (χ0v) is 25.0. The van der Waals surface area contributed by atoms with E-state index in [0.29, 0.717) is 26.4 Å². The van der Waals surface area contributed by atoms with Crippen molar-refractivity contribution in [2.24, 2.45) is 0 Å². The van der Waals surface area contributed by atoms with Crippen molar-refractivity contribution in [2.75, 3.05) is 26.4 Å². The molecule has 3 heterocycles. The smallest absolute Gasteiger partial charge is 0.399 e. The van der Waals surface area contributed by atoms with E-state index in [-0.39, 0.29) is 0 Å². The molecule has 0 atom stereocenters. The normalized spacial score (nSPS) is 21.5. The Kier molecular flexibility index (Phi) is 7.49. The first kappa shape index (κ1) is 28.7. The molecule has 2 aliphatic heterocycles. The molecule has 0 spiro atoms. The predicted octanol–water partition coefficient (Wildman–Crippen LogP) is 4.52. The number of aromatic amines is 1. The highest BCUT2D eigenvalue weighted by atomic mass is 16.7. The Morgan fingerprint density at radius 3 is 1.79 bits per heavy atom. The van der Waals surface area contributed by atoms with Gasteiger partial charge in [0.15, 0.2) is 0 Å². The van der Waals surface area contributed by atoms with E-state index in [4.69, 9.17) is 28.1 Å². The maximum atomic E-state index is 6.44. The lowest BCUT2D eigenvalue weighted by molar-refractivity contribution is 0.00578. The Bertz CT molecular complexity index is 1320. The largest absolute Gasteiger partial charge is 0.494 e. The Balaban J connectivity index is 1.53. The molecule has 2 aliphatic rings. The fraction of sp³-hybridized carbons (Fsp3) is 0.600. The minimum absolute atomic E-state index is 0.397. The fourth-order valence-corrected chi connectivity index (χ4v) is 5.10. The van der Waals surface area contributed by atoms with Crippen LogP contribution in [0.2, 0.25) is 0 Å². The summed E-state index contributed by atoms with van der Waals surface area (Å²) in [4.78, 5) is 3.66. The molecule has 0 saturated carbocycles. The number of H-pyrrole nitrogens is 1. The molecular formula is C30H43B2NO6.